The van der Waals surface area contributed by atoms with Crippen molar-refractivity contribution in [3.05, 3.63) is 88.2 Å². The van der Waals surface area contributed by atoms with E-state index in [1.54, 1.807) is 0 Å². The van der Waals surface area contributed by atoms with Crippen molar-refractivity contribution in [2.24, 2.45) is 36.4 Å². The second-order valence-corrected chi connectivity index (χ2v) is 19.2. The maximum Gasteiger partial charge on any atom is 0.354 e. The first-order valence-corrected chi connectivity index (χ1v) is 24.5. The Kier molecular flexibility index (Phi) is 16.3. The number of nitrogens with one attached hydrogen (secondary N) is 1. The van der Waals surface area contributed by atoms with Gasteiger partial charge in [0.2, 0.25) is 0 Å². The van der Waals surface area contributed by atoms with Gasteiger partial charge in [0.1, 0.15) is 67.8 Å². The van der Waals surface area contributed by atoms with Crippen molar-refractivity contribution < 1.29 is 101 Å². The van der Waals surface area contributed by atoms with Gasteiger partial charge in [-0.15, -0.1) is 30.7 Å². The van der Waals surface area contributed by atoms with E-state index in [1.165, 1.54) is 0 Å². The molecule has 0 bridgehead atoms. The zero-order valence-electron chi connectivity index (χ0n) is 35.3. The van der Waals surface area contributed by atoms with E-state index >= 15 is 0 Å². The largest absolute Gasteiger partial charge is 0.505 e. The highest BCUT2D eigenvalue weighted by molar-refractivity contribution is 7.86. The Balaban J connectivity index is 1.70. The minimum absolute atomic E-state index is 0.158. The lowest BCUT2D eigenvalue weighted by molar-refractivity contribution is -0.385. The summed E-state index contributed by atoms with van der Waals surface area (Å²) in [7, 11) is -21.1. The third-order valence-corrected chi connectivity index (χ3v) is 12.3. The van der Waals surface area contributed by atoms with E-state index in [2.05, 4.69) is 36.0 Å². The molecular weight excluding hydrogens is 1050 g/mol. The highest BCUT2D eigenvalue weighted by atomic mass is 32.2. The molecule has 12 N–H and O–H groups in total. The summed E-state index contributed by atoms with van der Waals surface area (Å²) in [6.45, 7) is -2.49. The van der Waals surface area contributed by atoms with Crippen LogP contribution in [0.3, 0.4) is 0 Å². The van der Waals surface area contributed by atoms with Crippen LogP contribution in [0.2, 0.25) is 0 Å². The van der Waals surface area contributed by atoms with Gasteiger partial charge in [-0.2, -0.15) is 33.7 Å². The Morgan fingerprint density at radius 3 is 1.54 bits per heavy atom. The third kappa shape index (κ3) is 12.8. The molecule has 5 aromatic carbocycles. The second-order valence-electron chi connectivity index (χ2n) is 13.6. The number of aliphatic carboxylic acids is 1. The van der Waals surface area contributed by atoms with Gasteiger partial charge >= 0.3 is 5.97 Å². The van der Waals surface area contributed by atoms with Crippen LogP contribution in [0.25, 0.3) is 10.8 Å². The summed E-state index contributed by atoms with van der Waals surface area (Å²) in [6.07, 6.45) is 0. The Hall–Kier alpha value is -8.20. The van der Waals surface area contributed by atoms with Crippen LogP contribution in [0, 0.1) is 10.1 Å². The molecule has 0 radical (unpaired) electrons. The average molecular weight is 1090 g/mol. The number of nitrogens with zero attached hydrogens (tertiary/aromatic N) is 7. The minimum atomic E-state index is -5.56. The smallest absolute Gasteiger partial charge is 0.354 e. The average Bonchev–Trinajstić information content (AvgIpc) is 3.28. The van der Waals surface area contributed by atoms with E-state index in [9.17, 15) is 97.1 Å². The highest BCUT2D eigenvalue weighted by Gasteiger charge is 2.30. The number of nitro benzene ring substituents is 1. The molecule has 0 aliphatic rings. The summed E-state index contributed by atoms with van der Waals surface area (Å²) >= 11 is 0. The molecule has 0 unspecified atom stereocenters. The normalized spacial score (nSPS) is 12.9. The molecule has 0 aromatic heterocycles. The van der Waals surface area contributed by atoms with Crippen molar-refractivity contribution in [3.8, 4) is 23.0 Å². The monoisotopic (exact) mass is 1090 g/mol. The summed E-state index contributed by atoms with van der Waals surface area (Å²) in [5.74, 6) is -7.11. The number of amides is 1. The molecule has 0 heterocycles. The maximum atomic E-state index is 13.2. The van der Waals surface area contributed by atoms with Crippen molar-refractivity contribution in [2.45, 2.75) is 19.6 Å². The highest BCUT2D eigenvalue weighted by Crippen LogP contribution is 2.51. The van der Waals surface area contributed by atoms with Crippen LogP contribution >= 0.6 is 0 Å². The van der Waals surface area contributed by atoms with Crippen molar-refractivity contribution in [3.63, 3.8) is 0 Å². The lowest BCUT2D eigenvalue weighted by Crippen LogP contribution is -2.21. The van der Waals surface area contributed by atoms with Crippen LogP contribution in [-0.2, 0) is 50.1 Å². The van der Waals surface area contributed by atoms with Gasteiger partial charge in [0.25, 0.3) is 52.1 Å². The lowest BCUT2D eigenvalue weighted by atomic mass is 10.1. The zero-order valence-corrected chi connectivity index (χ0v) is 38.5. The number of phenols is 2. The second kappa shape index (κ2) is 21.4. The Labute approximate surface area is 401 Å². The Bertz CT molecular complexity index is 3640. The van der Waals surface area contributed by atoms with Gasteiger partial charge in [-0.3, -0.25) is 33.1 Å². The maximum absolute atomic E-state index is 13.2. The summed E-state index contributed by atoms with van der Waals surface area (Å²) in [5, 5.41) is 84.9. The molecule has 1 amide bonds. The number of carboxylic acids is 1. The van der Waals surface area contributed by atoms with E-state index < -0.39 is 183 Å². The molecule has 0 saturated carbocycles. The number of azo groups is 3. The summed E-state index contributed by atoms with van der Waals surface area (Å²) in [4.78, 5) is 30.7. The molecule has 0 aliphatic heterocycles. The van der Waals surface area contributed by atoms with Gasteiger partial charge in [-0.25, -0.2) is 4.79 Å². The lowest BCUT2D eigenvalue weighted by Gasteiger charge is -2.14. The SMILES string of the molecule is N/C(C(=O)O)=C(/N=Nc1cc(OCCO)c(N=Nc2c(S(=O)(=O)O)cc3cc(S(=O)(=O)O)c(N=Nc4ccc([N+](=O)[O-])cc4S(=O)(=O)O)c(O)c3c2O)cc1OCCO)C(=O)Nc1ccc(S(=O)(=O)O)cc1. The van der Waals surface area contributed by atoms with Gasteiger partial charge in [-0.05, 0) is 47.9 Å². The zero-order chi connectivity index (χ0) is 53.7. The first-order chi connectivity index (χ1) is 33.5. The van der Waals surface area contributed by atoms with Gasteiger partial charge in [0.15, 0.2) is 22.9 Å². The number of ether oxygens (including phenoxy) is 2. The van der Waals surface area contributed by atoms with Gasteiger partial charge in [-0.1, -0.05) is 0 Å². The number of benzene rings is 5. The number of hydrogen-bond donors (Lipinski definition) is 11. The van der Waals surface area contributed by atoms with Crippen LogP contribution in [0.5, 0.6) is 23.0 Å². The standard InChI is InChI=1S/C36H31N9O23S4/c37-29(36(51)52)32(35(50)38-17-1-4-19(5-2-17)69(55,56)57)44-41-22-15-23(67-9-7-46)21(14-24(22)68-10-8-47)40-43-31-27(72(64,65)66)12-16-11-26(71(61,62)63)30(33(48)28(16)34(31)49)42-39-20-6-3-18(45(53)54)13-25(20)70(58,59)60/h1-6,11-15,46-49H,7-10,37H2,(H,38,50)(H,51,52)(H,55,56,57)(H,58,59,60)(H,61,62,63)(H,64,65,66)/b32-29+,42-39?,43-40?,44-41?. The van der Waals surface area contributed by atoms with Crippen molar-refractivity contribution in [1.82, 2.24) is 0 Å². The van der Waals surface area contributed by atoms with Crippen LogP contribution < -0.4 is 20.5 Å². The van der Waals surface area contributed by atoms with Crippen molar-refractivity contribution in [2.75, 3.05) is 31.7 Å². The van der Waals surface area contributed by atoms with Crippen LogP contribution in [0.1, 0.15) is 0 Å². The van der Waals surface area contributed by atoms with Gasteiger partial charge in [0.05, 0.1) is 28.4 Å². The molecule has 0 aliphatic carbocycles. The molecule has 5 rings (SSSR count). The fourth-order valence-electron chi connectivity index (χ4n) is 5.73. The fourth-order valence-corrected chi connectivity index (χ4v) is 8.16. The number of phenolic OH excluding ortho intramolecular Hbond substituents is 2. The molecule has 0 fully saturated rings. The number of nitro groups is 1. The molecular formula is C36H31N9O23S4. The number of anilines is 1. The number of fused-ring (bicyclic) bond motifs is 1. The minimum Gasteiger partial charge on any atom is -0.505 e. The van der Waals surface area contributed by atoms with Gasteiger partial charge < -0.3 is 46.1 Å². The number of hydrogen-bond acceptors (Lipinski definition) is 25. The molecule has 0 atom stereocenters. The predicted octanol–water partition coefficient (Wildman–Crippen LogP) is 3.70. The first-order valence-electron chi connectivity index (χ1n) is 18.8. The number of aliphatic hydroxyl groups is 2. The molecule has 382 valence electrons. The number of carbonyl (C=O) groups excluding carboxylic acids is 1. The predicted molar refractivity (Wildman–Crippen MR) is 238 cm³/mol. The van der Waals surface area contributed by atoms with E-state index in [0.29, 0.717) is 30.3 Å². The third-order valence-electron chi connectivity index (χ3n) is 8.86. The Morgan fingerprint density at radius 2 is 1.11 bits per heavy atom. The molecule has 5 aromatic rings. The van der Waals surface area contributed by atoms with E-state index in [0.717, 1.165) is 36.4 Å². The number of carbonyl (C=O) groups is 2. The molecule has 32 nitrogen and oxygen atoms in total. The van der Waals surface area contributed by atoms with E-state index in [4.69, 9.17) is 15.2 Å². The molecule has 0 saturated heterocycles. The molecule has 36 heteroatoms. The summed E-state index contributed by atoms with van der Waals surface area (Å²) in [6, 6.07) is 8.01. The summed E-state index contributed by atoms with van der Waals surface area (Å²) in [5.41, 5.74) is -2.20. The van der Waals surface area contributed by atoms with Crippen molar-refractivity contribution >= 4 is 103 Å². The Morgan fingerprint density at radius 1 is 0.639 bits per heavy atom. The van der Waals surface area contributed by atoms with Crippen LogP contribution in [-0.4, -0.2) is 121 Å². The van der Waals surface area contributed by atoms with Crippen LogP contribution in [0.15, 0.2) is 128 Å². The number of aromatic hydroxyl groups is 2. The molecule has 0 spiro atoms. The quantitative estimate of drug-likeness (QED) is 0.0174. The number of nitrogens with two attached hydrogens (primary N) is 1. The number of aliphatic hydroxyl groups excluding tert-OH is 2. The molecule has 72 heavy (non-hydrogen) atoms. The van der Waals surface area contributed by atoms with E-state index in [-0.39, 0.29) is 5.69 Å². The van der Waals surface area contributed by atoms with Crippen molar-refractivity contribution in [1.29, 1.82) is 0 Å². The van der Waals surface area contributed by atoms with Gasteiger partial charge in [0, 0.05) is 30.0 Å². The number of carboxylic acid groups (broad SMARTS) is 1. The first kappa shape index (κ1) is 54.7. The van der Waals surface area contributed by atoms with E-state index in [1.807, 2.05) is 0 Å². The fraction of sp³-hybridized carbons (Fsp3) is 0.111. The number of rotatable bonds is 20. The van der Waals surface area contributed by atoms with Crippen LogP contribution in [0.4, 0.5) is 39.8 Å². The number of non-ortho nitro benzene ring substituents is 1. The summed E-state index contributed by atoms with van der Waals surface area (Å²) < 4.78 is 147. The topological polar surface area (TPSA) is 527 Å².